The minimum absolute atomic E-state index is 0.110. The maximum absolute atomic E-state index is 9.86. The summed E-state index contributed by atoms with van der Waals surface area (Å²) in [6.45, 7) is 4.72. The molecule has 1 N–H and O–H groups in total. The van der Waals surface area contributed by atoms with E-state index in [2.05, 4.69) is 24.0 Å². The van der Waals surface area contributed by atoms with E-state index in [0.29, 0.717) is 0 Å². The maximum atomic E-state index is 9.86. The molecule has 1 saturated heterocycles. The van der Waals surface area contributed by atoms with Crippen molar-refractivity contribution in [2.75, 3.05) is 40.5 Å². The number of ether oxygens (including phenoxy) is 2. The Morgan fingerprint density at radius 1 is 1.15 bits per heavy atom. The van der Waals surface area contributed by atoms with Crippen LogP contribution in [0.4, 0.5) is 0 Å². The lowest BCUT2D eigenvalue weighted by molar-refractivity contribution is -0.00461. The van der Waals surface area contributed by atoms with Crippen LogP contribution < -0.4 is 0 Å². The quantitative estimate of drug-likeness (QED) is 0.852. The van der Waals surface area contributed by atoms with E-state index in [9.17, 15) is 5.11 Å². The predicted molar refractivity (Wildman–Crippen MR) is 78.9 cm³/mol. The smallest absolute Gasteiger partial charge is 0.0971 e. The van der Waals surface area contributed by atoms with Crippen molar-refractivity contribution in [2.24, 2.45) is 0 Å². The molecule has 0 bridgehead atoms. The molecule has 20 heavy (non-hydrogen) atoms. The molecule has 1 heterocycles. The van der Waals surface area contributed by atoms with Gasteiger partial charge in [0, 0.05) is 39.3 Å². The molecular weight excluding hydrogens is 254 g/mol. The van der Waals surface area contributed by atoms with Crippen LogP contribution in [-0.4, -0.2) is 62.7 Å². The molecule has 1 aromatic rings. The molecular formula is C16H25NO3. The summed E-state index contributed by atoms with van der Waals surface area (Å²) < 4.78 is 10.9. The van der Waals surface area contributed by atoms with E-state index >= 15 is 0 Å². The molecule has 0 saturated carbocycles. The van der Waals surface area contributed by atoms with E-state index in [1.807, 2.05) is 18.2 Å². The molecule has 1 aliphatic rings. The Morgan fingerprint density at radius 2 is 1.70 bits per heavy atom. The topological polar surface area (TPSA) is 41.9 Å². The summed E-state index contributed by atoms with van der Waals surface area (Å²) in [6, 6.07) is 10.2. The van der Waals surface area contributed by atoms with Gasteiger partial charge in [-0.1, -0.05) is 37.3 Å². The van der Waals surface area contributed by atoms with Gasteiger partial charge in [-0.05, 0) is 5.56 Å². The molecule has 0 spiro atoms. The van der Waals surface area contributed by atoms with Crippen molar-refractivity contribution in [2.45, 2.75) is 24.5 Å². The van der Waals surface area contributed by atoms with Crippen molar-refractivity contribution in [3.63, 3.8) is 0 Å². The zero-order chi connectivity index (χ0) is 14.6. The summed E-state index contributed by atoms with van der Waals surface area (Å²) in [5, 5.41) is 9.86. The Bertz CT molecular complexity index is 399. The van der Waals surface area contributed by atoms with Crippen LogP contribution in [0.5, 0.6) is 0 Å². The van der Waals surface area contributed by atoms with Crippen molar-refractivity contribution < 1.29 is 14.6 Å². The molecule has 0 radical (unpaired) electrons. The SMILES string of the molecule is COC1CN(CC(C)(CO)c2ccccc2)CC1OC. The molecule has 0 aromatic heterocycles. The lowest BCUT2D eigenvalue weighted by atomic mass is 9.83. The average molecular weight is 279 g/mol. The largest absolute Gasteiger partial charge is 0.395 e. The standard InChI is InChI=1S/C16H25NO3/c1-16(12-18,13-7-5-4-6-8-13)11-17-9-14(19-2)15(10-17)20-3/h4-8,14-15,18H,9-12H2,1-3H3. The van der Waals surface area contributed by atoms with E-state index in [4.69, 9.17) is 9.47 Å². The number of aliphatic hydroxyl groups excluding tert-OH is 1. The molecule has 1 fully saturated rings. The molecule has 0 amide bonds. The van der Waals surface area contributed by atoms with Crippen LogP contribution in [0.3, 0.4) is 0 Å². The van der Waals surface area contributed by atoms with Gasteiger partial charge in [-0.3, -0.25) is 4.90 Å². The number of nitrogens with zero attached hydrogens (tertiary/aromatic N) is 1. The molecule has 4 nitrogen and oxygen atoms in total. The molecule has 112 valence electrons. The fourth-order valence-electron chi connectivity index (χ4n) is 2.97. The number of likely N-dealkylation sites (tertiary alicyclic amines) is 1. The Balaban J connectivity index is 2.08. The van der Waals surface area contributed by atoms with Crippen LogP contribution in [-0.2, 0) is 14.9 Å². The maximum Gasteiger partial charge on any atom is 0.0971 e. The Hall–Kier alpha value is -0.940. The second-order valence-electron chi connectivity index (χ2n) is 5.83. The van der Waals surface area contributed by atoms with Crippen molar-refractivity contribution in [1.29, 1.82) is 0 Å². The van der Waals surface area contributed by atoms with Gasteiger partial charge >= 0.3 is 0 Å². The first kappa shape index (κ1) is 15.4. The van der Waals surface area contributed by atoms with Gasteiger partial charge in [0.2, 0.25) is 0 Å². The average Bonchev–Trinajstić information content (AvgIpc) is 2.89. The van der Waals surface area contributed by atoms with Crippen LogP contribution in [0.2, 0.25) is 0 Å². The zero-order valence-corrected chi connectivity index (χ0v) is 12.6. The van der Waals surface area contributed by atoms with Gasteiger partial charge in [-0.15, -0.1) is 0 Å². The highest BCUT2D eigenvalue weighted by Gasteiger charge is 2.37. The fraction of sp³-hybridized carbons (Fsp3) is 0.625. The Labute approximate surface area is 121 Å². The van der Waals surface area contributed by atoms with Gasteiger partial charge < -0.3 is 14.6 Å². The van der Waals surface area contributed by atoms with Crippen LogP contribution in [0.15, 0.2) is 30.3 Å². The summed E-state index contributed by atoms with van der Waals surface area (Å²) in [5.41, 5.74) is 0.902. The first-order valence-electron chi connectivity index (χ1n) is 7.07. The minimum atomic E-state index is -0.262. The van der Waals surface area contributed by atoms with Crippen molar-refractivity contribution in [1.82, 2.24) is 4.90 Å². The lowest BCUT2D eigenvalue weighted by Gasteiger charge is -2.32. The van der Waals surface area contributed by atoms with E-state index in [1.165, 1.54) is 0 Å². The predicted octanol–water partition coefficient (Wildman–Crippen LogP) is 1.28. The van der Waals surface area contributed by atoms with Crippen LogP contribution >= 0.6 is 0 Å². The zero-order valence-electron chi connectivity index (χ0n) is 12.6. The lowest BCUT2D eigenvalue weighted by Crippen LogP contribution is -2.41. The number of hydrogen-bond acceptors (Lipinski definition) is 4. The van der Waals surface area contributed by atoms with Crippen LogP contribution in [0.1, 0.15) is 12.5 Å². The van der Waals surface area contributed by atoms with Crippen molar-refractivity contribution in [3.05, 3.63) is 35.9 Å². The first-order chi connectivity index (χ1) is 9.62. The molecule has 4 heteroatoms. The Morgan fingerprint density at radius 3 is 2.15 bits per heavy atom. The van der Waals surface area contributed by atoms with Crippen LogP contribution in [0, 0.1) is 0 Å². The highest BCUT2D eigenvalue weighted by Crippen LogP contribution is 2.27. The molecule has 3 unspecified atom stereocenters. The monoisotopic (exact) mass is 279 g/mol. The van der Waals surface area contributed by atoms with Gasteiger partial charge in [0.05, 0.1) is 18.8 Å². The van der Waals surface area contributed by atoms with Gasteiger partial charge in [0.25, 0.3) is 0 Å². The highest BCUT2D eigenvalue weighted by molar-refractivity contribution is 5.25. The molecule has 1 aromatic carbocycles. The van der Waals surface area contributed by atoms with Crippen LogP contribution in [0.25, 0.3) is 0 Å². The number of rotatable bonds is 6. The van der Waals surface area contributed by atoms with Crippen molar-refractivity contribution >= 4 is 0 Å². The summed E-state index contributed by atoms with van der Waals surface area (Å²) >= 11 is 0. The molecule has 1 aliphatic heterocycles. The van der Waals surface area contributed by atoms with E-state index in [-0.39, 0.29) is 24.2 Å². The minimum Gasteiger partial charge on any atom is -0.395 e. The number of benzene rings is 1. The highest BCUT2D eigenvalue weighted by atomic mass is 16.5. The Kier molecular flexibility index (Phi) is 5.16. The third kappa shape index (κ3) is 3.20. The third-order valence-corrected chi connectivity index (χ3v) is 4.29. The van der Waals surface area contributed by atoms with E-state index in [1.54, 1.807) is 14.2 Å². The molecule has 0 aliphatic carbocycles. The number of hydrogen-bond donors (Lipinski definition) is 1. The van der Waals surface area contributed by atoms with E-state index in [0.717, 1.165) is 25.2 Å². The van der Waals surface area contributed by atoms with Gasteiger partial charge in [0.15, 0.2) is 0 Å². The molecule has 2 rings (SSSR count). The van der Waals surface area contributed by atoms with E-state index < -0.39 is 0 Å². The summed E-state index contributed by atoms with van der Waals surface area (Å²) in [6.07, 6.45) is 0.220. The van der Waals surface area contributed by atoms with Crippen molar-refractivity contribution in [3.8, 4) is 0 Å². The number of aliphatic hydroxyl groups is 1. The third-order valence-electron chi connectivity index (χ3n) is 4.29. The molecule has 3 atom stereocenters. The van der Waals surface area contributed by atoms with Gasteiger partial charge in [-0.25, -0.2) is 0 Å². The second kappa shape index (κ2) is 6.68. The van der Waals surface area contributed by atoms with Gasteiger partial charge in [-0.2, -0.15) is 0 Å². The summed E-state index contributed by atoms with van der Waals surface area (Å²) in [5.74, 6) is 0. The second-order valence-corrected chi connectivity index (χ2v) is 5.83. The number of methoxy groups -OCH3 is 2. The van der Waals surface area contributed by atoms with Gasteiger partial charge in [0.1, 0.15) is 0 Å². The first-order valence-corrected chi connectivity index (χ1v) is 7.07. The summed E-state index contributed by atoms with van der Waals surface area (Å²) in [4.78, 5) is 2.31. The fourth-order valence-corrected chi connectivity index (χ4v) is 2.97. The summed E-state index contributed by atoms with van der Waals surface area (Å²) in [7, 11) is 3.45. The normalized spacial score (nSPS) is 26.6.